The Bertz CT molecular complexity index is 930. The fraction of sp³-hybridized carbons (Fsp3) is 0.478. The second-order valence-electron chi connectivity index (χ2n) is 7.92. The number of hydrogen-bond acceptors (Lipinski definition) is 5. The van der Waals surface area contributed by atoms with Crippen LogP contribution in [0.1, 0.15) is 44.6 Å². The minimum absolute atomic E-state index is 0.0204. The van der Waals surface area contributed by atoms with E-state index in [-0.39, 0.29) is 35.3 Å². The van der Waals surface area contributed by atoms with Crippen LogP contribution in [0.25, 0.3) is 6.08 Å². The third-order valence-electron chi connectivity index (χ3n) is 5.17. The van der Waals surface area contributed by atoms with Crippen molar-refractivity contribution in [2.75, 3.05) is 6.54 Å². The molecule has 1 aliphatic carbocycles. The van der Waals surface area contributed by atoms with Crippen molar-refractivity contribution in [2.24, 2.45) is 5.92 Å². The van der Waals surface area contributed by atoms with Gasteiger partial charge in [0, 0.05) is 29.6 Å². The highest BCUT2D eigenvalue weighted by atomic mass is 35.5. The Morgan fingerprint density at radius 3 is 2.67 bits per heavy atom. The number of hydrogen-bond donors (Lipinski definition) is 4. The van der Waals surface area contributed by atoms with Crippen LogP contribution in [0.2, 0.25) is 5.02 Å². The number of halogens is 2. The van der Waals surface area contributed by atoms with Gasteiger partial charge < -0.3 is 21.1 Å². The fourth-order valence-electron chi connectivity index (χ4n) is 3.19. The van der Waals surface area contributed by atoms with Gasteiger partial charge >= 0.3 is 0 Å². The van der Waals surface area contributed by atoms with Crippen molar-refractivity contribution in [2.45, 2.75) is 57.2 Å². The molecule has 0 heterocycles. The lowest BCUT2D eigenvalue weighted by atomic mass is 10.0. The van der Waals surface area contributed by atoms with Gasteiger partial charge in [0.05, 0.1) is 12.1 Å². The Morgan fingerprint density at radius 2 is 2.06 bits per heavy atom. The van der Waals surface area contributed by atoms with Gasteiger partial charge in [-0.2, -0.15) is 5.26 Å². The maximum atomic E-state index is 13.9. The van der Waals surface area contributed by atoms with Crippen LogP contribution in [0.4, 0.5) is 4.39 Å². The molecule has 1 fully saturated rings. The molecule has 8 nitrogen and oxygen atoms in total. The Hall–Kier alpha value is -2.96. The van der Waals surface area contributed by atoms with Crippen LogP contribution in [-0.4, -0.2) is 47.6 Å². The van der Waals surface area contributed by atoms with Gasteiger partial charge in [-0.1, -0.05) is 30.5 Å². The summed E-state index contributed by atoms with van der Waals surface area (Å²) in [5, 5.41) is 27.1. The molecule has 1 aliphatic rings. The van der Waals surface area contributed by atoms with Gasteiger partial charge in [-0.3, -0.25) is 14.4 Å². The van der Waals surface area contributed by atoms with E-state index in [1.807, 2.05) is 0 Å². The fourth-order valence-corrected chi connectivity index (χ4v) is 3.35. The van der Waals surface area contributed by atoms with Gasteiger partial charge in [0.25, 0.3) is 0 Å². The molecule has 1 saturated carbocycles. The van der Waals surface area contributed by atoms with Gasteiger partial charge in [-0.25, -0.2) is 4.39 Å². The van der Waals surface area contributed by atoms with E-state index in [0.717, 1.165) is 25.0 Å². The van der Waals surface area contributed by atoms with E-state index >= 15 is 0 Å². The van der Waals surface area contributed by atoms with Crippen molar-refractivity contribution in [3.05, 3.63) is 40.7 Å². The highest BCUT2D eigenvalue weighted by molar-refractivity contribution is 6.30. The van der Waals surface area contributed by atoms with E-state index in [0.29, 0.717) is 13.0 Å². The lowest BCUT2D eigenvalue weighted by Crippen LogP contribution is -2.52. The number of carbonyl (C=O) groups excluding carboxylic acids is 3. The molecular weight excluding hydrogens is 451 g/mol. The quantitative estimate of drug-likeness (QED) is 0.270. The molecule has 0 aromatic heterocycles. The molecule has 2 unspecified atom stereocenters. The number of amides is 3. The molecule has 0 spiro atoms. The summed E-state index contributed by atoms with van der Waals surface area (Å²) < 4.78 is 13.9. The summed E-state index contributed by atoms with van der Waals surface area (Å²) in [4.78, 5) is 37.0. The van der Waals surface area contributed by atoms with Crippen LogP contribution in [0.15, 0.2) is 24.3 Å². The summed E-state index contributed by atoms with van der Waals surface area (Å²) in [5.41, 5.74) is 0.167. The average Bonchev–Trinajstić information content (AvgIpc) is 3.59. The second kappa shape index (κ2) is 12.9. The second-order valence-corrected chi connectivity index (χ2v) is 8.36. The van der Waals surface area contributed by atoms with E-state index in [2.05, 4.69) is 16.0 Å². The minimum atomic E-state index is -1.51. The average molecular weight is 479 g/mol. The predicted octanol–water partition coefficient (Wildman–Crippen LogP) is 2.06. The van der Waals surface area contributed by atoms with Gasteiger partial charge in [-0.05, 0) is 43.9 Å². The van der Waals surface area contributed by atoms with Crippen molar-refractivity contribution in [1.29, 1.82) is 5.26 Å². The number of nitrogens with zero attached hydrogens (tertiary/aromatic N) is 1. The van der Waals surface area contributed by atoms with E-state index in [1.165, 1.54) is 18.2 Å². The maximum absolute atomic E-state index is 13.9. The molecule has 178 valence electrons. The van der Waals surface area contributed by atoms with Crippen LogP contribution in [-0.2, 0) is 14.4 Å². The Kier molecular flexibility index (Phi) is 10.3. The molecule has 3 atom stereocenters. The zero-order valence-electron chi connectivity index (χ0n) is 18.3. The Balaban J connectivity index is 2.03. The third kappa shape index (κ3) is 9.20. The summed E-state index contributed by atoms with van der Waals surface area (Å²) in [5.74, 6) is -1.71. The van der Waals surface area contributed by atoms with E-state index in [4.69, 9.17) is 16.9 Å². The first-order chi connectivity index (χ1) is 15.7. The summed E-state index contributed by atoms with van der Waals surface area (Å²) in [6.45, 7) is 2.21. The Labute approximate surface area is 197 Å². The molecular formula is C23H28ClFN4O4. The van der Waals surface area contributed by atoms with Crippen molar-refractivity contribution in [3.63, 3.8) is 0 Å². The zero-order valence-corrected chi connectivity index (χ0v) is 19.1. The number of aliphatic hydroxyl groups excluding tert-OH is 1. The minimum Gasteiger partial charge on any atom is -0.376 e. The summed E-state index contributed by atoms with van der Waals surface area (Å²) in [7, 11) is 0. The van der Waals surface area contributed by atoms with Gasteiger partial charge in [-0.15, -0.1) is 0 Å². The molecule has 10 heteroatoms. The molecule has 0 radical (unpaired) electrons. The largest absolute Gasteiger partial charge is 0.376 e. The maximum Gasteiger partial charge on any atom is 0.244 e. The molecule has 1 aromatic rings. The predicted molar refractivity (Wildman–Crippen MR) is 121 cm³/mol. The number of aliphatic hydroxyl groups is 1. The summed E-state index contributed by atoms with van der Waals surface area (Å²) >= 11 is 5.72. The van der Waals surface area contributed by atoms with Crippen LogP contribution in [0.3, 0.4) is 0 Å². The van der Waals surface area contributed by atoms with Crippen molar-refractivity contribution in [3.8, 4) is 6.07 Å². The van der Waals surface area contributed by atoms with Crippen LogP contribution < -0.4 is 16.0 Å². The van der Waals surface area contributed by atoms with Crippen molar-refractivity contribution in [1.82, 2.24) is 16.0 Å². The van der Waals surface area contributed by atoms with Crippen molar-refractivity contribution >= 4 is 35.4 Å². The van der Waals surface area contributed by atoms with Crippen LogP contribution in [0, 0.1) is 23.1 Å². The first kappa shape index (κ1) is 26.3. The monoisotopic (exact) mass is 478 g/mol. The number of nitriles is 1. The smallest absolute Gasteiger partial charge is 0.244 e. The molecule has 4 N–H and O–H groups in total. The lowest BCUT2D eigenvalue weighted by Gasteiger charge is -2.24. The standard InChI is InChI=1S/C23H28ClFN4O4/c1-2-27-21(31)10-8-18(20(30)13-26)29-23(33)19(11-14-3-4-14)28-22(32)9-6-15-5-7-16(24)12-17(15)25/h5-7,9,12,14,18-20,30H,2-4,8,10-11H2,1H3,(H,27,31)(H,28,32)(H,29,33)/b9-6+/t18?,19-,20?/m0/s1. The normalized spacial score (nSPS) is 15.8. The number of nitrogens with one attached hydrogen (secondary N) is 3. The Morgan fingerprint density at radius 1 is 1.33 bits per heavy atom. The lowest BCUT2D eigenvalue weighted by molar-refractivity contribution is -0.128. The number of carbonyl (C=O) groups is 3. The van der Waals surface area contributed by atoms with Gasteiger partial charge in [0.2, 0.25) is 17.7 Å². The molecule has 3 amide bonds. The summed E-state index contributed by atoms with van der Waals surface area (Å²) in [6, 6.07) is 3.85. The van der Waals surface area contributed by atoms with Gasteiger partial charge in [0.1, 0.15) is 11.9 Å². The molecule has 0 aliphatic heterocycles. The zero-order chi connectivity index (χ0) is 24.4. The highest BCUT2D eigenvalue weighted by Gasteiger charge is 2.32. The molecule has 0 bridgehead atoms. The van der Waals surface area contributed by atoms with Crippen LogP contribution >= 0.6 is 11.6 Å². The van der Waals surface area contributed by atoms with Crippen molar-refractivity contribution < 1.29 is 23.9 Å². The molecule has 0 saturated heterocycles. The molecule has 1 aromatic carbocycles. The first-order valence-corrected chi connectivity index (χ1v) is 11.2. The first-order valence-electron chi connectivity index (χ1n) is 10.8. The van der Waals surface area contributed by atoms with E-state index in [1.54, 1.807) is 13.0 Å². The van der Waals surface area contributed by atoms with Gasteiger partial charge in [0.15, 0.2) is 6.10 Å². The number of benzene rings is 1. The topological polar surface area (TPSA) is 131 Å². The molecule has 33 heavy (non-hydrogen) atoms. The van der Waals surface area contributed by atoms with E-state index in [9.17, 15) is 23.9 Å². The SMILES string of the molecule is CCNC(=O)CCC(NC(=O)[C@H](CC1CC1)NC(=O)/C=C/c1ccc(Cl)cc1F)C(O)C#N. The van der Waals surface area contributed by atoms with Crippen LogP contribution in [0.5, 0.6) is 0 Å². The summed E-state index contributed by atoms with van der Waals surface area (Å²) in [6.07, 6.45) is 3.25. The van der Waals surface area contributed by atoms with E-state index < -0.39 is 35.8 Å². The number of rotatable bonds is 12. The highest BCUT2D eigenvalue weighted by Crippen LogP contribution is 2.33. The third-order valence-corrected chi connectivity index (χ3v) is 5.41. The molecule has 2 rings (SSSR count).